The fraction of sp³-hybridized carbons (Fsp3) is 0.200. The molecule has 18 heavy (non-hydrogen) atoms. The summed E-state index contributed by atoms with van der Waals surface area (Å²) in [5, 5.41) is 0. The third-order valence-corrected chi connectivity index (χ3v) is 2.37. The molecule has 0 atom stereocenters. The highest BCUT2D eigenvalue weighted by molar-refractivity contribution is 7.71. The van der Waals surface area contributed by atoms with Gasteiger partial charge in [0.1, 0.15) is 0 Å². The Hall–Kier alpha value is -1.73. The van der Waals surface area contributed by atoms with Gasteiger partial charge in [0.15, 0.2) is 4.77 Å². The highest BCUT2D eigenvalue weighted by atomic mass is 35.5. The average molecular weight is 287 g/mol. The zero-order valence-electron chi connectivity index (χ0n) is 9.47. The van der Waals surface area contributed by atoms with Gasteiger partial charge in [0.25, 0.3) is 5.56 Å². The molecule has 0 radical (unpaired) electrons. The number of hydrogen-bond acceptors (Lipinski definition) is 5. The van der Waals surface area contributed by atoms with E-state index in [1.54, 1.807) is 18.6 Å². The van der Waals surface area contributed by atoms with Gasteiger partial charge in [0.05, 0.1) is 7.11 Å². The summed E-state index contributed by atoms with van der Waals surface area (Å²) in [5.74, 6) is 0. The van der Waals surface area contributed by atoms with Crippen molar-refractivity contribution in [3.63, 3.8) is 0 Å². The number of aromatic nitrogens is 4. The second-order valence-corrected chi connectivity index (χ2v) is 3.76. The van der Waals surface area contributed by atoms with Gasteiger partial charge < -0.3 is 9.72 Å². The molecule has 2 aromatic rings. The molecule has 0 amide bonds. The molecule has 0 bridgehead atoms. The molecule has 0 fully saturated rings. The lowest BCUT2D eigenvalue weighted by atomic mass is 10.1. The Morgan fingerprint density at radius 1 is 1.39 bits per heavy atom. The minimum Gasteiger partial charge on any atom is -0.467 e. The number of hydrogen-bond donors (Lipinski definition) is 2. The van der Waals surface area contributed by atoms with E-state index in [0.717, 1.165) is 5.56 Å². The van der Waals surface area contributed by atoms with Crippen molar-refractivity contribution in [3.8, 4) is 6.01 Å². The third-order valence-electron chi connectivity index (χ3n) is 2.15. The molecular weight excluding hydrogens is 276 g/mol. The summed E-state index contributed by atoms with van der Waals surface area (Å²) in [5.41, 5.74) is 1.19. The number of nitrogens with zero attached hydrogens (tertiary/aromatic N) is 2. The molecule has 0 aliphatic heterocycles. The molecule has 6 nitrogen and oxygen atoms in total. The molecule has 2 heterocycles. The van der Waals surface area contributed by atoms with Crippen LogP contribution in [0.1, 0.15) is 11.1 Å². The number of aromatic amines is 2. The molecule has 0 saturated heterocycles. The molecule has 2 aromatic heterocycles. The van der Waals surface area contributed by atoms with Crippen molar-refractivity contribution in [2.24, 2.45) is 0 Å². The number of methoxy groups -OCH3 is 1. The van der Waals surface area contributed by atoms with E-state index in [4.69, 9.17) is 17.0 Å². The van der Waals surface area contributed by atoms with Gasteiger partial charge in [-0.25, -0.2) is 9.97 Å². The molecule has 8 heteroatoms. The summed E-state index contributed by atoms with van der Waals surface area (Å²) >= 11 is 4.80. The Labute approximate surface area is 114 Å². The van der Waals surface area contributed by atoms with Crippen LogP contribution in [-0.2, 0) is 6.42 Å². The first kappa shape index (κ1) is 14.3. The van der Waals surface area contributed by atoms with E-state index in [1.807, 2.05) is 0 Å². The van der Waals surface area contributed by atoms with Gasteiger partial charge in [-0.1, -0.05) is 0 Å². The molecule has 2 rings (SSSR count). The van der Waals surface area contributed by atoms with E-state index >= 15 is 0 Å². The van der Waals surface area contributed by atoms with Crippen molar-refractivity contribution in [2.75, 3.05) is 7.11 Å². The summed E-state index contributed by atoms with van der Waals surface area (Å²) in [4.78, 5) is 24.8. The van der Waals surface area contributed by atoms with Crippen molar-refractivity contribution in [3.05, 3.63) is 44.8 Å². The zero-order chi connectivity index (χ0) is 12.3. The highest BCUT2D eigenvalue weighted by Gasteiger charge is 2.03. The molecule has 0 aromatic carbocycles. The quantitative estimate of drug-likeness (QED) is 0.830. The zero-order valence-corrected chi connectivity index (χ0v) is 11.1. The van der Waals surface area contributed by atoms with Crippen LogP contribution in [-0.4, -0.2) is 27.0 Å². The predicted octanol–water partition coefficient (Wildman–Crippen LogP) is 1.24. The Kier molecular flexibility index (Phi) is 4.99. The topological polar surface area (TPSA) is 83.7 Å². The highest BCUT2D eigenvalue weighted by Crippen LogP contribution is 2.05. The maximum absolute atomic E-state index is 11.6. The maximum atomic E-state index is 11.6. The Balaban J connectivity index is 0.00000162. The van der Waals surface area contributed by atoms with Gasteiger partial charge in [0.2, 0.25) is 0 Å². The number of halogens is 1. The predicted molar refractivity (Wildman–Crippen MR) is 70.9 cm³/mol. The van der Waals surface area contributed by atoms with Gasteiger partial charge in [-0.3, -0.25) is 9.78 Å². The number of ether oxygens (including phenoxy) is 1. The van der Waals surface area contributed by atoms with Crippen LogP contribution in [0.5, 0.6) is 6.01 Å². The Bertz CT molecular complexity index is 623. The molecule has 0 spiro atoms. The number of H-pyrrole nitrogens is 2. The molecule has 0 aliphatic carbocycles. The van der Waals surface area contributed by atoms with Crippen LogP contribution in [0.15, 0.2) is 23.4 Å². The molecule has 2 N–H and O–H groups in total. The second kappa shape index (κ2) is 6.27. The molecular formula is C10H11ClN4O2S. The van der Waals surface area contributed by atoms with Crippen LogP contribution in [0.3, 0.4) is 0 Å². The minimum absolute atomic E-state index is 0. The van der Waals surface area contributed by atoms with Gasteiger partial charge in [-0.2, -0.15) is 0 Å². The van der Waals surface area contributed by atoms with Crippen molar-refractivity contribution >= 4 is 24.6 Å². The van der Waals surface area contributed by atoms with E-state index in [0.29, 0.717) is 22.8 Å². The lowest BCUT2D eigenvalue weighted by Gasteiger charge is -2.01. The molecule has 0 saturated carbocycles. The normalized spacial score (nSPS) is 9.61. The first-order valence-electron chi connectivity index (χ1n) is 4.85. The molecule has 0 aliphatic rings. The standard InChI is InChI=1S/C10H10N4O2S.ClH/c1-16-9-11-3-6(4-12-9)2-7-5-13-10(17)14-8(7)15;/h3-5H,2H2,1H3,(H2,13,14,15,17);1H. The van der Waals surface area contributed by atoms with E-state index in [-0.39, 0.29) is 18.0 Å². The van der Waals surface area contributed by atoms with Gasteiger partial charge in [-0.05, 0) is 17.8 Å². The number of nitrogens with one attached hydrogen (secondary N) is 2. The smallest absolute Gasteiger partial charge is 0.316 e. The summed E-state index contributed by atoms with van der Waals surface area (Å²) < 4.78 is 5.16. The minimum atomic E-state index is -0.204. The van der Waals surface area contributed by atoms with Crippen molar-refractivity contribution < 1.29 is 4.74 Å². The lowest BCUT2D eigenvalue weighted by Crippen LogP contribution is -2.13. The lowest BCUT2D eigenvalue weighted by molar-refractivity contribution is 0.379. The van der Waals surface area contributed by atoms with Crippen LogP contribution in [0.4, 0.5) is 0 Å². The largest absolute Gasteiger partial charge is 0.467 e. The third kappa shape index (κ3) is 3.38. The molecule has 0 unspecified atom stereocenters. The number of rotatable bonds is 3. The van der Waals surface area contributed by atoms with Crippen molar-refractivity contribution in [1.82, 2.24) is 19.9 Å². The first-order chi connectivity index (χ1) is 8.19. The van der Waals surface area contributed by atoms with Gasteiger partial charge in [-0.15, -0.1) is 12.4 Å². The average Bonchev–Trinajstić information content (AvgIpc) is 2.34. The van der Waals surface area contributed by atoms with Crippen molar-refractivity contribution in [1.29, 1.82) is 0 Å². The van der Waals surface area contributed by atoms with Crippen LogP contribution < -0.4 is 10.3 Å². The van der Waals surface area contributed by atoms with Crippen LogP contribution >= 0.6 is 24.6 Å². The monoisotopic (exact) mass is 286 g/mol. The van der Waals surface area contributed by atoms with Crippen LogP contribution in [0, 0.1) is 4.77 Å². The maximum Gasteiger partial charge on any atom is 0.316 e. The summed E-state index contributed by atoms with van der Waals surface area (Å²) in [7, 11) is 1.50. The van der Waals surface area contributed by atoms with E-state index < -0.39 is 0 Å². The fourth-order valence-corrected chi connectivity index (χ4v) is 1.48. The fourth-order valence-electron chi connectivity index (χ4n) is 1.33. The van der Waals surface area contributed by atoms with Crippen molar-refractivity contribution in [2.45, 2.75) is 6.42 Å². The van der Waals surface area contributed by atoms with Gasteiger partial charge in [0, 0.05) is 30.6 Å². The van der Waals surface area contributed by atoms with E-state index in [9.17, 15) is 4.79 Å². The van der Waals surface area contributed by atoms with E-state index in [2.05, 4.69) is 19.9 Å². The molecule has 96 valence electrons. The Morgan fingerprint density at radius 2 is 2.06 bits per heavy atom. The summed E-state index contributed by atoms with van der Waals surface area (Å²) in [6, 6.07) is 0.301. The van der Waals surface area contributed by atoms with Crippen LogP contribution in [0.25, 0.3) is 0 Å². The SMILES string of the molecule is COc1ncc(Cc2c[nH]c(=S)[nH]c2=O)cn1.Cl. The van der Waals surface area contributed by atoms with Gasteiger partial charge >= 0.3 is 6.01 Å². The first-order valence-corrected chi connectivity index (χ1v) is 5.25. The van der Waals surface area contributed by atoms with E-state index in [1.165, 1.54) is 7.11 Å². The summed E-state index contributed by atoms with van der Waals surface area (Å²) in [6.07, 6.45) is 5.26. The Morgan fingerprint density at radius 3 is 2.61 bits per heavy atom. The summed E-state index contributed by atoms with van der Waals surface area (Å²) in [6.45, 7) is 0. The second-order valence-electron chi connectivity index (χ2n) is 3.35. The van der Waals surface area contributed by atoms with Crippen LogP contribution in [0.2, 0.25) is 0 Å².